The third kappa shape index (κ3) is 4.59. The summed E-state index contributed by atoms with van der Waals surface area (Å²) in [6, 6.07) is 3.61. The van der Waals surface area contributed by atoms with Crippen LogP contribution >= 0.6 is 0 Å². The third-order valence-corrected chi connectivity index (χ3v) is 3.45. The van der Waals surface area contributed by atoms with Crippen molar-refractivity contribution >= 4 is 27.5 Å². The number of primary amides is 1. The summed E-state index contributed by atoms with van der Waals surface area (Å²) in [4.78, 5) is 21.8. The highest BCUT2D eigenvalue weighted by molar-refractivity contribution is 7.90. The van der Waals surface area contributed by atoms with Gasteiger partial charge in [0.2, 0.25) is 5.91 Å². The predicted octanol–water partition coefficient (Wildman–Crippen LogP) is 0.00532. The van der Waals surface area contributed by atoms with E-state index in [9.17, 15) is 18.0 Å². The van der Waals surface area contributed by atoms with E-state index < -0.39 is 21.8 Å². The highest BCUT2D eigenvalue weighted by Gasteiger charge is 2.10. The quantitative estimate of drug-likeness (QED) is 0.720. The Hall–Kier alpha value is -2.09. The van der Waals surface area contributed by atoms with Crippen molar-refractivity contribution in [2.24, 2.45) is 5.73 Å². The minimum Gasteiger partial charge on any atom is -0.376 e. The van der Waals surface area contributed by atoms with E-state index in [1.807, 2.05) is 5.32 Å². The molecular formula is C11H15N3O4S. The Balaban J connectivity index is 2.84. The van der Waals surface area contributed by atoms with E-state index in [0.29, 0.717) is 5.69 Å². The van der Waals surface area contributed by atoms with Crippen molar-refractivity contribution in [2.75, 3.05) is 18.1 Å². The summed E-state index contributed by atoms with van der Waals surface area (Å²) in [5.41, 5.74) is 6.07. The van der Waals surface area contributed by atoms with Crippen LogP contribution in [0.2, 0.25) is 0 Å². The lowest BCUT2D eigenvalue weighted by Crippen LogP contribution is -2.38. The van der Waals surface area contributed by atoms with Crippen LogP contribution in [-0.4, -0.2) is 33.2 Å². The van der Waals surface area contributed by atoms with Crippen LogP contribution in [0, 0.1) is 6.92 Å². The number of nitrogens with two attached hydrogens (primary N) is 1. The van der Waals surface area contributed by atoms with Crippen LogP contribution in [0.25, 0.3) is 0 Å². The number of benzene rings is 1. The van der Waals surface area contributed by atoms with Crippen molar-refractivity contribution in [1.82, 2.24) is 5.32 Å². The van der Waals surface area contributed by atoms with Crippen molar-refractivity contribution in [2.45, 2.75) is 11.8 Å². The van der Waals surface area contributed by atoms with Gasteiger partial charge in [0.05, 0.1) is 11.4 Å². The molecule has 0 atom stereocenters. The Morgan fingerprint density at radius 2 is 1.95 bits per heavy atom. The van der Waals surface area contributed by atoms with E-state index in [4.69, 9.17) is 5.73 Å². The third-order valence-electron chi connectivity index (χ3n) is 2.34. The molecule has 4 N–H and O–H groups in total. The molecule has 1 rings (SSSR count). The van der Waals surface area contributed by atoms with Crippen LogP contribution in [0.1, 0.15) is 5.56 Å². The topological polar surface area (TPSA) is 118 Å². The molecule has 0 radical (unpaired) electrons. The molecule has 0 bridgehead atoms. The number of amides is 3. The zero-order valence-electron chi connectivity index (χ0n) is 10.6. The number of aryl methyl sites for hydroxylation is 1. The van der Waals surface area contributed by atoms with Crippen molar-refractivity contribution in [3.8, 4) is 0 Å². The summed E-state index contributed by atoms with van der Waals surface area (Å²) in [7, 11) is -3.31. The summed E-state index contributed by atoms with van der Waals surface area (Å²) in [5.74, 6) is -0.600. The standard InChI is InChI=1S/C11H15N3O4S/c1-7-3-4-8(19(2,17)18)5-9(7)13-6-10(15)14-11(12)16/h3-5,13H,6H2,1-2H3,(H3,12,14,15,16). The van der Waals surface area contributed by atoms with Crippen LogP contribution in [0.15, 0.2) is 23.1 Å². The molecular weight excluding hydrogens is 270 g/mol. The number of nitrogens with one attached hydrogen (secondary N) is 2. The van der Waals surface area contributed by atoms with Gasteiger partial charge in [0.25, 0.3) is 0 Å². The number of hydrogen-bond acceptors (Lipinski definition) is 5. The van der Waals surface area contributed by atoms with Gasteiger partial charge < -0.3 is 11.1 Å². The van der Waals surface area contributed by atoms with Gasteiger partial charge >= 0.3 is 6.03 Å². The highest BCUT2D eigenvalue weighted by atomic mass is 32.2. The highest BCUT2D eigenvalue weighted by Crippen LogP contribution is 2.19. The SMILES string of the molecule is Cc1ccc(S(C)(=O)=O)cc1NCC(=O)NC(N)=O. The molecule has 104 valence electrons. The predicted molar refractivity (Wildman–Crippen MR) is 70.5 cm³/mol. The van der Waals surface area contributed by atoms with Gasteiger partial charge in [-0.1, -0.05) is 6.07 Å². The lowest BCUT2D eigenvalue weighted by molar-refractivity contribution is -0.118. The summed E-state index contributed by atoms with van der Waals surface area (Å²) < 4.78 is 22.8. The fraction of sp³-hybridized carbons (Fsp3) is 0.273. The molecule has 8 heteroatoms. The number of anilines is 1. The second kappa shape index (κ2) is 5.70. The molecule has 1 aromatic carbocycles. The first kappa shape index (κ1) is 15.0. The number of carbonyl (C=O) groups excluding carboxylic acids is 2. The maximum atomic E-state index is 11.4. The molecule has 19 heavy (non-hydrogen) atoms. The van der Waals surface area contributed by atoms with Gasteiger partial charge in [-0.25, -0.2) is 13.2 Å². The van der Waals surface area contributed by atoms with Crippen molar-refractivity contribution in [3.05, 3.63) is 23.8 Å². The molecule has 7 nitrogen and oxygen atoms in total. The van der Waals surface area contributed by atoms with E-state index >= 15 is 0 Å². The monoisotopic (exact) mass is 285 g/mol. The van der Waals surface area contributed by atoms with Crippen molar-refractivity contribution in [1.29, 1.82) is 0 Å². The number of imide groups is 1. The molecule has 0 heterocycles. The van der Waals surface area contributed by atoms with Gasteiger partial charge in [-0.3, -0.25) is 10.1 Å². The second-order valence-electron chi connectivity index (χ2n) is 4.01. The van der Waals surface area contributed by atoms with Crippen LogP contribution in [-0.2, 0) is 14.6 Å². The van der Waals surface area contributed by atoms with E-state index in [0.717, 1.165) is 11.8 Å². The normalized spacial score (nSPS) is 10.8. The maximum Gasteiger partial charge on any atom is 0.318 e. The molecule has 0 aliphatic rings. The first-order valence-corrected chi connectivity index (χ1v) is 7.23. The van der Waals surface area contributed by atoms with Gasteiger partial charge in [0.15, 0.2) is 9.84 Å². The Bertz CT molecular complexity index is 610. The van der Waals surface area contributed by atoms with Crippen molar-refractivity contribution in [3.63, 3.8) is 0 Å². The molecule has 0 aromatic heterocycles. The van der Waals surface area contributed by atoms with Crippen LogP contribution in [0.4, 0.5) is 10.5 Å². The Kier molecular flexibility index (Phi) is 4.49. The second-order valence-corrected chi connectivity index (χ2v) is 6.03. The molecule has 0 aliphatic heterocycles. The fourth-order valence-electron chi connectivity index (χ4n) is 1.38. The van der Waals surface area contributed by atoms with Gasteiger partial charge in [0, 0.05) is 11.9 Å². The van der Waals surface area contributed by atoms with Crippen LogP contribution in [0.5, 0.6) is 0 Å². The molecule has 0 aliphatic carbocycles. The molecule has 0 unspecified atom stereocenters. The number of hydrogen-bond donors (Lipinski definition) is 3. The van der Waals surface area contributed by atoms with E-state index in [1.54, 1.807) is 13.0 Å². The minimum absolute atomic E-state index is 0.149. The lowest BCUT2D eigenvalue weighted by Gasteiger charge is -2.10. The molecule has 0 fully saturated rings. The number of sulfone groups is 1. The van der Waals surface area contributed by atoms with E-state index in [-0.39, 0.29) is 11.4 Å². The van der Waals surface area contributed by atoms with Gasteiger partial charge in [-0.05, 0) is 24.6 Å². The summed E-state index contributed by atoms with van der Waals surface area (Å²) in [5, 5.41) is 4.64. The largest absolute Gasteiger partial charge is 0.376 e. The smallest absolute Gasteiger partial charge is 0.318 e. The number of urea groups is 1. The summed E-state index contributed by atoms with van der Waals surface area (Å²) in [6.45, 7) is 1.58. The average molecular weight is 285 g/mol. The minimum atomic E-state index is -3.31. The van der Waals surface area contributed by atoms with Gasteiger partial charge in [-0.2, -0.15) is 0 Å². The first-order valence-electron chi connectivity index (χ1n) is 5.34. The zero-order chi connectivity index (χ0) is 14.6. The average Bonchev–Trinajstić information content (AvgIpc) is 2.25. The van der Waals surface area contributed by atoms with E-state index in [1.165, 1.54) is 12.1 Å². The lowest BCUT2D eigenvalue weighted by atomic mass is 10.2. The first-order chi connectivity index (χ1) is 8.70. The molecule has 1 aromatic rings. The Morgan fingerprint density at radius 1 is 1.32 bits per heavy atom. The van der Waals surface area contributed by atoms with Crippen LogP contribution in [0.3, 0.4) is 0 Å². The molecule has 3 amide bonds. The van der Waals surface area contributed by atoms with E-state index in [2.05, 4.69) is 5.32 Å². The Morgan fingerprint density at radius 3 is 2.47 bits per heavy atom. The Labute approximate surface area is 111 Å². The molecule has 0 spiro atoms. The molecule has 0 saturated heterocycles. The van der Waals surface area contributed by atoms with Gasteiger partial charge in [-0.15, -0.1) is 0 Å². The van der Waals surface area contributed by atoms with Gasteiger partial charge in [0.1, 0.15) is 0 Å². The van der Waals surface area contributed by atoms with Crippen LogP contribution < -0.4 is 16.4 Å². The summed E-state index contributed by atoms with van der Waals surface area (Å²) in [6.07, 6.45) is 1.10. The number of carbonyl (C=O) groups is 2. The fourth-order valence-corrected chi connectivity index (χ4v) is 2.03. The number of rotatable bonds is 4. The zero-order valence-corrected chi connectivity index (χ0v) is 11.4. The van der Waals surface area contributed by atoms with Crippen molar-refractivity contribution < 1.29 is 18.0 Å². The summed E-state index contributed by atoms with van der Waals surface area (Å²) >= 11 is 0. The molecule has 0 saturated carbocycles. The maximum absolute atomic E-state index is 11.4.